The van der Waals surface area contributed by atoms with Gasteiger partial charge in [-0.15, -0.1) is 0 Å². The van der Waals surface area contributed by atoms with Crippen LogP contribution in [-0.4, -0.2) is 12.1 Å². The Hall–Kier alpha value is -0.0400. The van der Waals surface area contributed by atoms with Crippen LogP contribution >= 0.6 is 0 Å². The summed E-state index contributed by atoms with van der Waals surface area (Å²) in [7, 11) is 0. The van der Waals surface area contributed by atoms with E-state index in [1.54, 1.807) is 0 Å². The summed E-state index contributed by atoms with van der Waals surface area (Å²) >= 11 is 0. The van der Waals surface area contributed by atoms with E-state index in [0.717, 1.165) is 18.0 Å². The van der Waals surface area contributed by atoms with Crippen molar-refractivity contribution < 1.29 is 0 Å². The zero-order chi connectivity index (χ0) is 11.9. The molecule has 2 aliphatic carbocycles. The molecular weight excluding hydrogens is 206 g/mol. The highest BCUT2D eigenvalue weighted by atomic mass is 14.9. The average Bonchev–Trinajstić information content (AvgIpc) is 2.72. The summed E-state index contributed by atoms with van der Waals surface area (Å²) in [5, 5.41) is 3.96. The Bertz CT molecular complexity index is 186. The minimum absolute atomic E-state index is 0.760. The topological polar surface area (TPSA) is 12.0 Å². The first-order valence-electron chi connectivity index (χ1n) is 8.12. The van der Waals surface area contributed by atoms with Gasteiger partial charge in [0, 0.05) is 12.1 Å². The van der Waals surface area contributed by atoms with Crippen molar-refractivity contribution in [2.45, 2.75) is 96.1 Å². The second-order valence-electron chi connectivity index (χ2n) is 6.40. The van der Waals surface area contributed by atoms with Crippen LogP contribution in [0.3, 0.4) is 0 Å². The Morgan fingerprint density at radius 3 is 1.71 bits per heavy atom. The van der Waals surface area contributed by atoms with Crippen molar-refractivity contribution in [1.82, 2.24) is 5.32 Å². The maximum atomic E-state index is 3.96. The predicted molar refractivity (Wildman–Crippen MR) is 75.3 cm³/mol. The minimum Gasteiger partial charge on any atom is -0.311 e. The Morgan fingerprint density at radius 2 is 1.18 bits per heavy atom. The van der Waals surface area contributed by atoms with E-state index in [1.165, 1.54) is 77.0 Å². The first-order chi connectivity index (χ1) is 8.36. The lowest BCUT2D eigenvalue weighted by Gasteiger charge is -2.28. The minimum atomic E-state index is 0.760. The number of hydrogen-bond acceptors (Lipinski definition) is 1. The molecule has 0 amide bonds. The molecule has 0 aliphatic heterocycles. The van der Waals surface area contributed by atoms with Gasteiger partial charge in [-0.25, -0.2) is 0 Å². The zero-order valence-corrected chi connectivity index (χ0v) is 11.7. The Labute approximate surface area is 108 Å². The summed E-state index contributed by atoms with van der Waals surface area (Å²) < 4.78 is 0. The van der Waals surface area contributed by atoms with Crippen LogP contribution in [0.15, 0.2) is 0 Å². The van der Waals surface area contributed by atoms with Gasteiger partial charge in [-0.3, -0.25) is 0 Å². The molecule has 2 fully saturated rings. The van der Waals surface area contributed by atoms with Crippen LogP contribution in [0.4, 0.5) is 0 Å². The molecule has 0 radical (unpaired) electrons. The first-order valence-corrected chi connectivity index (χ1v) is 8.12. The van der Waals surface area contributed by atoms with Crippen molar-refractivity contribution in [2.75, 3.05) is 0 Å². The van der Waals surface area contributed by atoms with E-state index in [1.807, 2.05) is 0 Å². The van der Waals surface area contributed by atoms with Crippen molar-refractivity contribution in [3.8, 4) is 0 Å². The van der Waals surface area contributed by atoms with Crippen molar-refractivity contribution in [3.63, 3.8) is 0 Å². The molecule has 1 nitrogen and oxygen atoms in total. The molecule has 1 atom stereocenters. The molecule has 0 aromatic carbocycles. The van der Waals surface area contributed by atoms with Crippen molar-refractivity contribution in [1.29, 1.82) is 0 Å². The second kappa shape index (κ2) is 7.41. The maximum Gasteiger partial charge on any atom is 0.00696 e. The smallest absolute Gasteiger partial charge is 0.00696 e. The lowest BCUT2D eigenvalue weighted by molar-refractivity contribution is 0.296. The highest BCUT2D eigenvalue weighted by molar-refractivity contribution is 4.80. The number of hydrogen-bond donors (Lipinski definition) is 1. The molecule has 1 N–H and O–H groups in total. The van der Waals surface area contributed by atoms with Gasteiger partial charge in [0.15, 0.2) is 0 Å². The van der Waals surface area contributed by atoms with Gasteiger partial charge in [-0.2, -0.15) is 0 Å². The Kier molecular flexibility index (Phi) is 5.84. The highest BCUT2D eigenvalue weighted by Crippen LogP contribution is 2.26. The van der Waals surface area contributed by atoms with Gasteiger partial charge < -0.3 is 5.32 Å². The van der Waals surface area contributed by atoms with Crippen LogP contribution in [0.1, 0.15) is 84.0 Å². The molecule has 0 spiro atoms. The SMILES string of the molecule is C[C@@H](NC1CCCCCC1)C1CCCCCC1. The van der Waals surface area contributed by atoms with E-state index in [9.17, 15) is 0 Å². The summed E-state index contributed by atoms with van der Waals surface area (Å²) in [6.45, 7) is 2.45. The third kappa shape index (κ3) is 4.62. The first kappa shape index (κ1) is 13.4. The summed E-state index contributed by atoms with van der Waals surface area (Å²) in [5.41, 5.74) is 0. The molecule has 0 saturated heterocycles. The lowest BCUT2D eigenvalue weighted by Crippen LogP contribution is -2.40. The summed E-state index contributed by atoms with van der Waals surface area (Å²) in [6, 6.07) is 1.59. The van der Waals surface area contributed by atoms with E-state index in [0.29, 0.717) is 0 Å². The van der Waals surface area contributed by atoms with Gasteiger partial charge in [-0.1, -0.05) is 51.4 Å². The third-order valence-corrected chi connectivity index (χ3v) is 4.96. The van der Waals surface area contributed by atoms with Crippen LogP contribution in [0.25, 0.3) is 0 Å². The quantitative estimate of drug-likeness (QED) is 0.704. The molecule has 0 aromatic heterocycles. The van der Waals surface area contributed by atoms with E-state index in [-0.39, 0.29) is 0 Å². The van der Waals surface area contributed by atoms with E-state index in [2.05, 4.69) is 12.2 Å². The van der Waals surface area contributed by atoms with Gasteiger partial charge >= 0.3 is 0 Å². The number of rotatable bonds is 3. The van der Waals surface area contributed by atoms with Gasteiger partial charge in [0.2, 0.25) is 0 Å². The fourth-order valence-corrected chi connectivity index (χ4v) is 3.76. The van der Waals surface area contributed by atoms with Crippen LogP contribution < -0.4 is 5.32 Å². The van der Waals surface area contributed by atoms with Crippen LogP contribution in [0, 0.1) is 5.92 Å². The average molecular weight is 237 g/mol. The van der Waals surface area contributed by atoms with Gasteiger partial charge in [-0.05, 0) is 38.5 Å². The second-order valence-corrected chi connectivity index (χ2v) is 6.40. The van der Waals surface area contributed by atoms with E-state index >= 15 is 0 Å². The molecule has 17 heavy (non-hydrogen) atoms. The lowest BCUT2D eigenvalue weighted by atomic mass is 9.92. The molecule has 0 unspecified atom stereocenters. The largest absolute Gasteiger partial charge is 0.311 e. The Morgan fingerprint density at radius 1 is 0.706 bits per heavy atom. The standard InChI is InChI=1S/C16H31N/c1-14(15-10-6-2-3-7-11-15)17-16-12-8-4-5-9-13-16/h14-17H,2-13H2,1H3/t14-/m1/s1. The van der Waals surface area contributed by atoms with Gasteiger partial charge in [0.25, 0.3) is 0 Å². The molecule has 1 heteroatoms. The van der Waals surface area contributed by atoms with Crippen LogP contribution in [0.2, 0.25) is 0 Å². The van der Waals surface area contributed by atoms with Crippen molar-refractivity contribution >= 4 is 0 Å². The highest BCUT2D eigenvalue weighted by Gasteiger charge is 2.21. The fourth-order valence-electron chi connectivity index (χ4n) is 3.76. The fraction of sp³-hybridized carbons (Fsp3) is 1.00. The van der Waals surface area contributed by atoms with Gasteiger partial charge in [0.1, 0.15) is 0 Å². The molecular formula is C16H31N. The zero-order valence-electron chi connectivity index (χ0n) is 11.7. The molecule has 0 heterocycles. The maximum absolute atomic E-state index is 3.96. The van der Waals surface area contributed by atoms with E-state index in [4.69, 9.17) is 0 Å². The molecule has 2 aliphatic rings. The predicted octanol–water partition coefficient (Wildman–Crippen LogP) is 4.66. The molecule has 2 rings (SSSR count). The van der Waals surface area contributed by atoms with Crippen molar-refractivity contribution in [2.24, 2.45) is 5.92 Å². The molecule has 0 aromatic rings. The Balaban J connectivity index is 1.75. The normalized spacial score (nSPS) is 27.4. The molecule has 100 valence electrons. The van der Waals surface area contributed by atoms with Crippen LogP contribution in [0.5, 0.6) is 0 Å². The van der Waals surface area contributed by atoms with Crippen LogP contribution in [-0.2, 0) is 0 Å². The third-order valence-electron chi connectivity index (χ3n) is 4.96. The van der Waals surface area contributed by atoms with Gasteiger partial charge in [0.05, 0.1) is 0 Å². The monoisotopic (exact) mass is 237 g/mol. The summed E-state index contributed by atoms with van der Waals surface area (Å²) in [4.78, 5) is 0. The van der Waals surface area contributed by atoms with E-state index < -0.39 is 0 Å². The van der Waals surface area contributed by atoms with Crippen molar-refractivity contribution in [3.05, 3.63) is 0 Å². The summed E-state index contributed by atoms with van der Waals surface area (Å²) in [5.74, 6) is 0.959. The summed E-state index contributed by atoms with van der Waals surface area (Å²) in [6.07, 6.45) is 17.5. The molecule has 0 bridgehead atoms. The molecule has 2 saturated carbocycles. The number of nitrogens with one attached hydrogen (secondary N) is 1.